The van der Waals surface area contributed by atoms with Gasteiger partial charge in [-0.15, -0.1) is 11.6 Å². The monoisotopic (exact) mass is 216 g/mol. The average Bonchev–Trinajstić information content (AvgIpc) is 2.69. The Bertz CT molecular complexity index is 232. The Labute approximate surface area is 89.8 Å². The number of halogens is 1. The van der Waals surface area contributed by atoms with Crippen LogP contribution in [0.2, 0.25) is 0 Å². The van der Waals surface area contributed by atoms with E-state index in [9.17, 15) is 4.79 Å². The third-order valence-corrected chi connectivity index (χ3v) is 3.49. The second-order valence-corrected chi connectivity index (χ2v) is 4.92. The van der Waals surface area contributed by atoms with E-state index < -0.39 is 5.38 Å². The first-order valence-corrected chi connectivity index (χ1v) is 5.80. The van der Waals surface area contributed by atoms with Gasteiger partial charge in [0, 0.05) is 18.6 Å². The van der Waals surface area contributed by atoms with Gasteiger partial charge >= 0.3 is 0 Å². The van der Waals surface area contributed by atoms with Gasteiger partial charge in [0.2, 0.25) is 5.91 Å². The summed E-state index contributed by atoms with van der Waals surface area (Å²) in [5.41, 5.74) is 0. The number of carbonyl (C=O) groups is 1. The third kappa shape index (κ3) is 1.89. The van der Waals surface area contributed by atoms with Crippen LogP contribution in [-0.2, 0) is 4.79 Å². The Morgan fingerprint density at radius 3 is 3.00 bits per heavy atom. The molecule has 0 spiro atoms. The number of alkyl halides is 1. The molecule has 0 aliphatic carbocycles. The molecule has 80 valence electrons. The van der Waals surface area contributed by atoms with E-state index in [1.807, 2.05) is 0 Å². The molecule has 1 amide bonds. The first-order valence-electron chi connectivity index (χ1n) is 5.37. The van der Waals surface area contributed by atoms with Crippen molar-refractivity contribution < 1.29 is 4.79 Å². The predicted octanol–water partition coefficient (Wildman–Crippen LogP) is 0.967. The van der Waals surface area contributed by atoms with Crippen LogP contribution in [0.3, 0.4) is 0 Å². The van der Waals surface area contributed by atoms with Crippen LogP contribution in [0, 0.1) is 0 Å². The van der Waals surface area contributed by atoms with Crippen LogP contribution in [0.5, 0.6) is 0 Å². The Hall–Kier alpha value is -0.280. The maximum absolute atomic E-state index is 11.4. The molecule has 3 unspecified atom stereocenters. The summed E-state index contributed by atoms with van der Waals surface area (Å²) in [5, 5.41) is 2.63. The van der Waals surface area contributed by atoms with Crippen LogP contribution in [0.25, 0.3) is 0 Å². The van der Waals surface area contributed by atoms with Crippen molar-refractivity contribution in [1.29, 1.82) is 0 Å². The first kappa shape index (κ1) is 10.2. The summed E-state index contributed by atoms with van der Waals surface area (Å²) in [5.74, 6) is -0.0228. The van der Waals surface area contributed by atoms with Gasteiger partial charge in [-0.2, -0.15) is 0 Å². The van der Waals surface area contributed by atoms with E-state index in [1.165, 1.54) is 19.4 Å². The van der Waals surface area contributed by atoms with Gasteiger partial charge in [-0.3, -0.25) is 9.69 Å². The fourth-order valence-corrected chi connectivity index (χ4v) is 2.61. The molecule has 0 bridgehead atoms. The molecule has 2 fully saturated rings. The molecule has 2 saturated heterocycles. The second kappa shape index (κ2) is 4.07. The first-order chi connectivity index (χ1) is 6.68. The molecule has 14 heavy (non-hydrogen) atoms. The van der Waals surface area contributed by atoms with E-state index in [-0.39, 0.29) is 5.91 Å². The summed E-state index contributed by atoms with van der Waals surface area (Å²) >= 11 is 5.72. The Balaban J connectivity index is 1.90. The van der Waals surface area contributed by atoms with E-state index in [4.69, 9.17) is 11.6 Å². The van der Waals surface area contributed by atoms with Crippen LogP contribution in [0.4, 0.5) is 0 Å². The topological polar surface area (TPSA) is 32.3 Å². The number of carbonyl (C=O) groups excluding carboxylic acids is 1. The van der Waals surface area contributed by atoms with Gasteiger partial charge in [0.15, 0.2) is 0 Å². The fraction of sp³-hybridized carbons (Fsp3) is 0.900. The molecule has 2 aliphatic heterocycles. The van der Waals surface area contributed by atoms with E-state index in [1.54, 1.807) is 6.92 Å². The normalized spacial score (nSPS) is 34.1. The van der Waals surface area contributed by atoms with Crippen molar-refractivity contribution >= 4 is 17.5 Å². The lowest BCUT2D eigenvalue weighted by Gasteiger charge is -2.21. The summed E-state index contributed by atoms with van der Waals surface area (Å²) in [6.45, 7) is 4.05. The molecule has 2 heterocycles. The Kier molecular flexibility index (Phi) is 2.98. The lowest BCUT2D eigenvalue weighted by molar-refractivity contribution is -0.121. The summed E-state index contributed by atoms with van der Waals surface area (Å²) in [6.07, 6.45) is 3.58. The second-order valence-electron chi connectivity index (χ2n) is 4.27. The van der Waals surface area contributed by atoms with Gasteiger partial charge in [-0.25, -0.2) is 0 Å². The molecule has 1 N–H and O–H groups in total. The van der Waals surface area contributed by atoms with E-state index in [0.717, 1.165) is 13.0 Å². The third-order valence-electron chi connectivity index (χ3n) is 3.29. The summed E-state index contributed by atoms with van der Waals surface area (Å²) in [6, 6.07) is 0.917. The largest absolute Gasteiger partial charge is 0.350 e. The van der Waals surface area contributed by atoms with Crippen molar-refractivity contribution in [2.24, 2.45) is 0 Å². The lowest BCUT2D eigenvalue weighted by atomic mass is 10.1. The molecule has 0 saturated carbocycles. The standard InChI is InChI=1S/C10H17ClN2O/c1-7(11)10(14)12-8-4-6-13-5-2-3-9(8)13/h7-9H,2-6H2,1H3,(H,12,14). The van der Waals surface area contributed by atoms with Crippen molar-refractivity contribution in [3.05, 3.63) is 0 Å². The van der Waals surface area contributed by atoms with E-state index >= 15 is 0 Å². The molecule has 0 radical (unpaired) electrons. The minimum absolute atomic E-state index is 0.0228. The van der Waals surface area contributed by atoms with Crippen LogP contribution >= 0.6 is 11.6 Å². The van der Waals surface area contributed by atoms with Crippen molar-refractivity contribution in [3.63, 3.8) is 0 Å². The molecule has 2 rings (SSSR count). The zero-order chi connectivity index (χ0) is 10.1. The van der Waals surface area contributed by atoms with Gasteiger partial charge in [-0.05, 0) is 32.7 Å². The highest BCUT2D eigenvalue weighted by Crippen LogP contribution is 2.27. The lowest BCUT2D eigenvalue weighted by Crippen LogP contribution is -2.44. The van der Waals surface area contributed by atoms with Gasteiger partial charge in [0.1, 0.15) is 5.38 Å². The zero-order valence-corrected chi connectivity index (χ0v) is 9.26. The van der Waals surface area contributed by atoms with Crippen molar-refractivity contribution in [2.75, 3.05) is 13.1 Å². The maximum atomic E-state index is 11.4. The van der Waals surface area contributed by atoms with Crippen molar-refractivity contribution in [1.82, 2.24) is 10.2 Å². The number of hydrogen-bond acceptors (Lipinski definition) is 2. The number of fused-ring (bicyclic) bond motifs is 1. The number of rotatable bonds is 2. The average molecular weight is 217 g/mol. The minimum Gasteiger partial charge on any atom is -0.350 e. The molecule has 2 aliphatic rings. The zero-order valence-electron chi connectivity index (χ0n) is 8.50. The Morgan fingerprint density at radius 2 is 2.29 bits per heavy atom. The highest BCUT2D eigenvalue weighted by molar-refractivity contribution is 6.30. The smallest absolute Gasteiger partial charge is 0.238 e. The van der Waals surface area contributed by atoms with Crippen LogP contribution in [-0.4, -0.2) is 41.4 Å². The number of nitrogens with one attached hydrogen (secondary N) is 1. The molecule has 0 aromatic carbocycles. The quantitative estimate of drug-likeness (QED) is 0.698. The number of nitrogens with zero attached hydrogens (tertiary/aromatic N) is 1. The molecular weight excluding hydrogens is 200 g/mol. The molecule has 3 atom stereocenters. The SMILES string of the molecule is CC(Cl)C(=O)NC1CCN2CCCC12. The van der Waals surface area contributed by atoms with Crippen LogP contribution < -0.4 is 5.32 Å². The van der Waals surface area contributed by atoms with Crippen LogP contribution in [0.1, 0.15) is 26.2 Å². The highest BCUT2D eigenvalue weighted by atomic mass is 35.5. The fourth-order valence-electron chi connectivity index (χ4n) is 2.55. The summed E-state index contributed by atoms with van der Waals surface area (Å²) in [7, 11) is 0. The van der Waals surface area contributed by atoms with E-state index in [0.29, 0.717) is 12.1 Å². The molecular formula is C10H17ClN2O. The van der Waals surface area contributed by atoms with E-state index in [2.05, 4.69) is 10.2 Å². The molecule has 4 heteroatoms. The van der Waals surface area contributed by atoms with Crippen molar-refractivity contribution in [3.8, 4) is 0 Å². The highest BCUT2D eigenvalue weighted by Gasteiger charge is 2.37. The summed E-state index contributed by atoms with van der Waals surface area (Å²) in [4.78, 5) is 13.9. The Morgan fingerprint density at radius 1 is 1.50 bits per heavy atom. The molecule has 0 aromatic rings. The van der Waals surface area contributed by atoms with Gasteiger partial charge in [0.25, 0.3) is 0 Å². The minimum atomic E-state index is -0.412. The predicted molar refractivity (Wildman–Crippen MR) is 56.5 cm³/mol. The number of hydrogen-bond donors (Lipinski definition) is 1. The molecule has 3 nitrogen and oxygen atoms in total. The number of amides is 1. The van der Waals surface area contributed by atoms with Crippen LogP contribution in [0.15, 0.2) is 0 Å². The van der Waals surface area contributed by atoms with Crippen molar-refractivity contribution in [2.45, 2.75) is 43.6 Å². The summed E-state index contributed by atoms with van der Waals surface area (Å²) < 4.78 is 0. The maximum Gasteiger partial charge on any atom is 0.238 e. The van der Waals surface area contributed by atoms with Gasteiger partial charge in [0.05, 0.1) is 0 Å². The molecule has 0 aromatic heterocycles. The van der Waals surface area contributed by atoms with Gasteiger partial charge in [-0.1, -0.05) is 0 Å². The van der Waals surface area contributed by atoms with Gasteiger partial charge < -0.3 is 5.32 Å².